The molecule has 47 heavy (non-hydrogen) atoms. The Labute approximate surface area is 277 Å². The lowest BCUT2D eigenvalue weighted by atomic mass is 9.91. The van der Waals surface area contributed by atoms with Gasteiger partial charge in [0.15, 0.2) is 6.10 Å². The summed E-state index contributed by atoms with van der Waals surface area (Å²) in [5.41, 5.74) is 10.5. The van der Waals surface area contributed by atoms with Gasteiger partial charge in [0, 0.05) is 13.0 Å². The molecule has 5 aromatic carbocycles. The van der Waals surface area contributed by atoms with Crippen LogP contribution >= 0.6 is 0 Å². The number of aliphatic carboxylic acids is 1. The maximum Gasteiger partial charge on any atom is 0.333 e. The number of fused-ring (bicyclic) bond motifs is 2. The first-order valence-corrected chi connectivity index (χ1v) is 16.2. The average molecular weight is 625 g/mol. The fourth-order valence-corrected chi connectivity index (χ4v) is 6.10. The number of carboxylic acids is 1. The molecule has 1 atom stereocenters. The second-order valence-corrected chi connectivity index (χ2v) is 11.8. The van der Waals surface area contributed by atoms with E-state index in [1.54, 1.807) is 6.92 Å². The molecular formula is C42H40O5. The topological polar surface area (TPSA) is 65.0 Å². The van der Waals surface area contributed by atoms with Gasteiger partial charge in [-0.15, -0.1) is 0 Å². The standard InChI is InChI=1S/C42H40O5/c1-2-45-40(42(43)44)29-32-15-21-37(22-16-32)46-23-24-47-41-38-27-33(25-30-9-5-3-6-10-30)13-17-35(38)19-20-36-18-14-34(28-39(36)41)26-31-11-7-4-8-12-31/h3-22,27-28,40-41H,2,23-26,29H2,1H3,(H,43,44). The highest BCUT2D eigenvalue weighted by molar-refractivity contribution is 5.76. The van der Waals surface area contributed by atoms with Crippen LogP contribution in [0.1, 0.15) is 63.1 Å². The Bertz CT molecular complexity index is 1700. The molecule has 5 heteroatoms. The van der Waals surface area contributed by atoms with Gasteiger partial charge in [0.1, 0.15) is 18.5 Å². The van der Waals surface area contributed by atoms with E-state index in [4.69, 9.17) is 14.2 Å². The summed E-state index contributed by atoms with van der Waals surface area (Å²) in [7, 11) is 0. The molecule has 0 bridgehead atoms. The lowest BCUT2D eigenvalue weighted by Crippen LogP contribution is -2.26. The Morgan fingerprint density at radius 1 is 0.660 bits per heavy atom. The van der Waals surface area contributed by atoms with Crippen LogP contribution in [0.3, 0.4) is 0 Å². The van der Waals surface area contributed by atoms with E-state index in [0.717, 1.165) is 40.7 Å². The molecular weight excluding hydrogens is 584 g/mol. The Hall–Kier alpha value is -4.97. The van der Waals surface area contributed by atoms with Crippen molar-refractivity contribution < 1.29 is 24.1 Å². The normalized spacial score (nSPS) is 13.0. The van der Waals surface area contributed by atoms with E-state index in [-0.39, 0.29) is 6.10 Å². The molecule has 1 aliphatic carbocycles. The van der Waals surface area contributed by atoms with Crippen molar-refractivity contribution in [3.8, 4) is 5.75 Å². The minimum Gasteiger partial charge on any atom is -0.491 e. The molecule has 0 aliphatic heterocycles. The first kappa shape index (κ1) is 32.0. The van der Waals surface area contributed by atoms with E-state index >= 15 is 0 Å². The molecule has 6 rings (SSSR count). The van der Waals surface area contributed by atoms with Crippen LogP contribution in [-0.2, 0) is 33.5 Å². The Morgan fingerprint density at radius 3 is 1.70 bits per heavy atom. The van der Waals surface area contributed by atoms with Gasteiger partial charge in [-0.25, -0.2) is 4.79 Å². The van der Waals surface area contributed by atoms with Crippen molar-refractivity contribution in [2.45, 2.75) is 38.4 Å². The van der Waals surface area contributed by atoms with Crippen molar-refractivity contribution in [2.24, 2.45) is 0 Å². The minimum atomic E-state index is -0.958. The predicted molar refractivity (Wildman–Crippen MR) is 187 cm³/mol. The first-order valence-electron chi connectivity index (χ1n) is 16.2. The van der Waals surface area contributed by atoms with Crippen molar-refractivity contribution in [3.05, 3.63) is 171 Å². The highest BCUT2D eigenvalue weighted by Gasteiger charge is 2.24. The number of carboxylic acid groups (broad SMARTS) is 1. The van der Waals surface area contributed by atoms with Gasteiger partial charge in [-0.1, -0.05) is 121 Å². The molecule has 0 saturated carbocycles. The molecule has 1 unspecified atom stereocenters. The van der Waals surface area contributed by atoms with E-state index in [0.29, 0.717) is 32.0 Å². The molecule has 0 radical (unpaired) electrons. The molecule has 0 amide bonds. The largest absolute Gasteiger partial charge is 0.491 e. The Kier molecular flexibility index (Phi) is 10.6. The van der Waals surface area contributed by atoms with Gasteiger partial charge in [-0.05, 0) is 82.0 Å². The van der Waals surface area contributed by atoms with Gasteiger partial charge >= 0.3 is 5.97 Å². The third kappa shape index (κ3) is 8.44. The minimum absolute atomic E-state index is 0.265. The molecule has 5 nitrogen and oxygen atoms in total. The highest BCUT2D eigenvalue weighted by Crippen LogP contribution is 2.37. The summed E-state index contributed by atoms with van der Waals surface area (Å²) in [6.45, 7) is 2.92. The third-order valence-electron chi connectivity index (χ3n) is 8.44. The molecule has 0 aromatic heterocycles. The van der Waals surface area contributed by atoms with Crippen LogP contribution in [0.2, 0.25) is 0 Å². The van der Waals surface area contributed by atoms with Crippen LogP contribution in [0.5, 0.6) is 5.75 Å². The lowest BCUT2D eigenvalue weighted by molar-refractivity contribution is -0.149. The van der Waals surface area contributed by atoms with E-state index in [9.17, 15) is 9.90 Å². The summed E-state index contributed by atoms with van der Waals surface area (Å²) in [5, 5.41) is 9.41. The van der Waals surface area contributed by atoms with E-state index in [1.165, 1.54) is 22.3 Å². The smallest absolute Gasteiger partial charge is 0.333 e. The van der Waals surface area contributed by atoms with Crippen molar-refractivity contribution >= 4 is 18.1 Å². The number of benzene rings is 5. The van der Waals surface area contributed by atoms with Crippen LogP contribution < -0.4 is 4.74 Å². The van der Waals surface area contributed by atoms with Gasteiger partial charge < -0.3 is 19.3 Å². The predicted octanol–water partition coefficient (Wildman–Crippen LogP) is 8.57. The summed E-state index contributed by atoms with van der Waals surface area (Å²) in [6, 6.07) is 42.0. The Balaban J connectivity index is 1.21. The summed E-state index contributed by atoms with van der Waals surface area (Å²) in [6.07, 6.45) is 5.27. The van der Waals surface area contributed by atoms with Crippen LogP contribution in [0.4, 0.5) is 0 Å². The number of carbonyl (C=O) groups is 1. The zero-order valence-electron chi connectivity index (χ0n) is 26.7. The fraction of sp³-hybridized carbons (Fsp3) is 0.214. The second kappa shape index (κ2) is 15.5. The van der Waals surface area contributed by atoms with Crippen molar-refractivity contribution in [2.75, 3.05) is 19.8 Å². The first-order chi connectivity index (χ1) is 23.1. The zero-order chi connectivity index (χ0) is 32.4. The lowest BCUT2D eigenvalue weighted by Gasteiger charge is -2.23. The number of hydrogen-bond donors (Lipinski definition) is 1. The number of hydrogen-bond acceptors (Lipinski definition) is 4. The highest BCUT2D eigenvalue weighted by atomic mass is 16.5. The van der Waals surface area contributed by atoms with Crippen molar-refractivity contribution in [1.82, 2.24) is 0 Å². The van der Waals surface area contributed by atoms with Gasteiger partial charge in [0.2, 0.25) is 0 Å². The van der Waals surface area contributed by atoms with Crippen LogP contribution in [0.15, 0.2) is 121 Å². The van der Waals surface area contributed by atoms with Crippen molar-refractivity contribution in [1.29, 1.82) is 0 Å². The monoisotopic (exact) mass is 624 g/mol. The van der Waals surface area contributed by atoms with Crippen LogP contribution in [0, 0.1) is 0 Å². The Morgan fingerprint density at radius 2 is 1.19 bits per heavy atom. The molecule has 238 valence electrons. The van der Waals surface area contributed by atoms with E-state index in [2.05, 4.69) is 97.1 Å². The molecule has 0 spiro atoms. The maximum atomic E-state index is 11.5. The van der Waals surface area contributed by atoms with Gasteiger partial charge in [0.25, 0.3) is 0 Å². The van der Waals surface area contributed by atoms with E-state index in [1.807, 2.05) is 36.4 Å². The summed E-state index contributed by atoms with van der Waals surface area (Å²) >= 11 is 0. The second-order valence-electron chi connectivity index (χ2n) is 11.8. The average Bonchev–Trinajstić information content (AvgIpc) is 3.24. The molecule has 5 aromatic rings. The van der Waals surface area contributed by atoms with Crippen molar-refractivity contribution in [3.63, 3.8) is 0 Å². The molecule has 0 saturated heterocycles. The molecule has 0 fully saturated rings. The molecule has 1 aliphatic rings. The molecule has 0 heterocycles. The van der Waals surface area contributed by atoms with Gasteiger partial charge in [-0.3, -0.25) is 0 Å². The molecule has 1 N–H and O–H groups in total. The number of ether oxygens (including phenoxy) is 3. The maximum absolute atomic E-state index is 11.5. The summed E-state index contributed by atoms with van der Waals surface area (Å²) < 4.78 is 18.2. The van der Waals surface area contributed by atoms with Gasteiger partial charge in [0.05, 0.1) is 6.61 Å². The summed E-state index contributed by atoms with van der Waals surface area (Å²) in [5.74, 6) is -0.250. The fourth-order valence-electron chi connectivity index (χ4n) is 6.10. The summed E-state index contributed by atoms with van der Waals surface area (Å²) in [4.78, 5) is 11.5. The number of rotatable bonds is 14. The zero-order valence-corrected chi connectivity index (χ0v) is 26.7. The van der Waals surface area contributed by atoms with Crippen LogP contribution in [-0.4, -0.2) is 37.0 Å². The van der Waals surface area contributed by atoms with E-state index < -0.39 is 12.1 Å². The quantitative estimate of drug-likeness (QED) is 0.125. The van der Waals surface area contributed by atoms with Gasteiger partial charge in [-0.2, -0.15) is 0 Å². The third-order valence-corrected chi connectivity index (χ3v) is 8.44. The SMILES string of the molecule is CCOC(Cc1ccc(OCCOC2c3cc(Cc4ccccc4)ccc3C=Cc3ccc(Cc4ccccc4)cc32)cc1)C(=O)O. The van der Waals surface area contributed by atoms with Crippen LogP contribution in [0.25, 0.3) is 12.2 Å².